The maximum Gasteiger partial charge on any atom is 0.304 e. The second kappa shape index (κ2) is 4.50. The van der Waals surface area contributed by atoms with E-state index in [-0.39, 0.29) is 6.42 Å². The molecule has 5 heteroatoms. The van der Waals surface area contributed by atoms with Crippen molar-refractivity contribution in [3.63, 3.8) is 0 Å². The molecule has 0 atom stereocenters. The number of aromatic nitrogens is 2. The molecule has 1 aromatic heterocycles. The Morgan fingerprint density at radius 2 is 2.58 bits per heavy atom. The number of imidazole rings is 1. The predicted molar refractivity (Wildman–Crippen MR) is 42.5 cm³/mol. The van der Waals surface area contributed by atoms with E-state index in [9.17, 15) is 4.79 Å². The standard InChI is InChI=1S/C7H11N3O2/c11-7(12)1-2-8-5-6-9-3-4-10-6/h3-4,8H,1-2,5H2,(H,9,10)(H,11,12). The number of H-pyrrole nitrogens is 1. The molecule has 66 valence electrons. The molecule has 0 saturated carbocycles. The van der Waals surface area contributed by atoms with E-state index in [2.05, 4.69) is 15.3 Å². The molecule has 0 fully saturated rings. The van der Waals surface area contributed by atoms with Gasteiger partial charge in [0.1, 0.15) is 5.82 Å². The third-order valence-corrected chi connectivity index (χ3v) is 1.36. The van der Waals surface area contributed by atoms with E-state index in [4.69, 9.17) is 5.11 Å². The van der Waals surface area contributed by atoms with Gasteiger partial charge in [-0.25, -0.2) is 4.98 Å². The van der Waals surface area contributed by atoms with Crippen LogP contribution < -0.4 is 5.32 Å². The molecule has 0 unspecified atom stereocenters. The number of carboxylic acids is 1. The van der Waals surface area contributed by atoms with Crippen LogP contribution in [-0.2, 0) is 11.3 Å². The van der Waals surface area contributed by atoms with E-state index >= 15 is 0 Å². The Morgan fingerprint density at radius 3 is 3.17 bits per heavy atom. The van der Waals surface area contributed by atoms with Gasteiger partial charge in [0.25, 0.3) is 0 Å². The van der Waals surface area contributed by atoms with Crippen molar-refractivity contribution in [2.45, 2.75) is 13.0 Å². The zero-order valence-electron chi connectivity index (χ0n) is 6.58. The van der Waals surface area contributed by atoms with Crippen molar-refractivity contribution < 1.29 is 9.90 Å². The summed E-state index contributed by atoms with van der Waals surface area (Å²) >= 11 is 0. The molecule has 5 nitrogen and oxygen atoms in total. The molecule has 0 radical (unpaired) electrons. The number of hydrogen-bond donors (Lipinski definition) is 3. The number of hydrogen-bond acceptors (Lipinski definition) is 3. The number of carbonyl (C=O) groups is 1. The van der Waals surface area contributed by atoms with Gasteiger partial charge in [-0.15, -0.1) is 0 Å². The van der Waals surface area contributed by atoms with Gasteiger partial charge in [0.2, 0.25) is 0 Å². The van der Waals surface area contributed by atoms with Crippen molar-refractivity contribution in [3.8, 4) is 0 Å². The zero-order valence-corrected chi connectivity index (χ0v) is 6.58. The molecule has 0 amide bonds. The van der Waals surface area contributed by atoms with Crippen LogP contribution >= 0.6 is 0 Å². The molecule has 12 heavy (non-hydrogen) atoms. The van der Waals surface area contributed by atoms with Gasteiger partial charge in [0, 0.05) is 18.9 Å². The normalized spacial score (nSPS) is 10.0. The topological polar surface area (TPSA) is 78.0 Å². The fourth-order valence-electron chi connectivity index (χ4n) is 0.797. The molecule has 3 N–H and O–H groups in total. The molecule has 0 spiro atoms. The average Bonchev–Trinajstić information content (AvgIpc) is 2.49. The third-order valence-electron chi connectivity index (χ3n) is 1.36. The Kier molecular flexibility index (Phi) is 3.28. The summed E-state index contributed by atoms with van der Waals surface area (Å²) in [6, 6.07) is 0. The Labute approximate surface area is 69.8 Å². The van der Waals surface area contributed by atoms with E-state index in [0.717, 1.165) is 5.82 Å². The zero-order chi connectivity index (χ0) is 8.81. The Bertz CT molecular complexity index is 233. The van der Waals surface area contributed by atoms with Crippen molar-refractivity contribution in [2.75, 3.05) is 6.54 Å². The number of aromatic amines is 1. The van der Waals surface area contributed by atoms with Crippen molar-refractivity contribution in [3.05, 3.63) is 18.2 Å². The van der Waals surface area contributed by atoms with E-state index in [1.54, 1.807) is 12.4 Å². The summed E-state index contributed by atoms with van der Waals surface area (Å²) in [6.07, 6.45) is 3.53. The van der Waals surface area contributed by atoms with Crippen LogP contribution in [0.4, 0.5) is 0 Å². The van der Waals surface area contributed by atoms with Gasteiger partial charge >= 0.3 is 5.97 Å². The molecule has 1 rings (SSSR count). The largest absolute Gasteiger partial charge is 0.481 e. The second-order valence-electron chi connectivity index (χ2n) is 2.36. The minimum absolute atomic E-state index is 0.140. The molecule has 0 aliphatic heterocycles. The van der Waals surface area contributed by atoms with Gasteiger partial charge in [-0.2, -0.15) is 0 Å². The monoisotopic (exact) mass is 169 g/mol. The fourth-order valence-corrected chi connectivity index (χ4v) is 0.797. The van der Waals surface area contributed by atoms with Crippen LogP contribution in [0.5, 0.6) is 0 Å². The van der Waals surface area contributed by atoms with E-state index in [1.165, 1.54) is 0 Å². The molecule has 0 aliphatic rings. The Morgan fingerprint density at radius 1 is 1.75 bits per heavy atom. The maximum absolute atomic E-state index is 10.1. The summed E-state index contributed by atoms with van der Waals surface area (Å²) in [4.78, 5) is 17.0. The summed E-state index contributed by atoms with van der Waals surface area (Å²) in [5.41, 5.74) is 0. The van der Waals surface area contributed by atoms with E-state index in [0.29, 0.717) is 13.1 Å². The van der Waals surface area contributed by atoms with Gasteiger partial charge in [-0.1, -0.05) is 0 Å². The number of rotatable bonds is 5. The average molecular weight is 169 g/mol. The lowest BCUT2D eigenvalue weighted by atomic mass is 10.4. The van der Waals surface area contributed by atoms with Crippen LogP contribution in [0.2, 0.25) is 0 Å². The highest BCUT2D eigenvalue weighted by molar-refractivity contribution is 5.66. The van der Waals surface area contributed by atoms with E-state index < -0.39 is 5.97 Å². The number of nitrogens with one attached hydrogen (secondary N) is 2. The lowest BCUT2D eigenvalue weighted by molar-refractivity contribution is -0.136. The van der Waals surface area contributed by atoms with E-state index in [1.807, 2.05) is 0 Å². The molecule has 0 aromatic carbocycles. The van der Waals surface area contributed by atoms with Gasteiger partial charge in [-0.3, -0.25) is 4.79 Å². The lowest BCUT2D eigenvalue weighted by Crippen LogP contribution is -2.18. The first-order valence-electron chi connectivity index (χ1n) is 3.70. The maximum atomic E-state index is 10.1. The summed E-state index contributed by atoms with van der Waals surface area (Å²) in [5, 5.41) is 11.3. The number of aliphatic carboxylic acids is 1. The first kappa shape index (κ1) is 8.73. The third kappa shape index (κ3) is 3.16. The van der Waals surface area contributed by atoms with Crippen LogP contribution in [0, 0.1) is 0 Å². The summed E-state index contributed by atoms with van der Waals surface area (Å²) in [5.74, 6) is 0.0299. The van der Waals surface area contributed by atoms with Crippen LogP contribution in [0.3, 0.4) is 0 Å². The molecular formula is C7H11N3O2. The first-order valence-corrected chi connectivity index (χ1v) is 3.70. The Hall–Kier alpha value is -1.36. The number of nitrogens with zero attached hydrogens (tertiary/aromatic N) is 1. The lowest BCUT2D eigenvalue weighted by Gasteiger charge is -1.98. The fraction of sp³-hybridized carbons (Fsp3) is 0.429. The Balaban J connectivity index is 2.07. The molecule has 1 heterocycles. The SMILES string of the molecule is O=C(O)CCNCc1ncc[nH]1. The van der Waals surface area contributed by atoms with Crippen molar-refractivity contribution in [1.82, 2.24) is 15.3 Å². The predicted octanol–water partition coefficient (Wildman–Crippen LogP) is -0.0260. The van der Waals surface area contributed by atoms with Crippen LogP contribution in [0.25, 0.3) is 0 Å². The highest BCUT2D eigenvalue weighted by Gasteiger charge is 1.96. The van der Waals surface area contributed by atoms with Crippen LogP contribution in [0.1, 0.15) is 12.2 Å². The van der Waals surface area contributed by atoms with Crippen molar-refractivity contribution >= 4 is 5.97 Å². The van der Waals surface area contributed by atoms with Crippen molar-refractivity contribution in [2.24, 2.45) is 0 Å². The van der Waals surface area contributed by atoms with Gasteiger partial charge in [-0.05, 0) is 0 Å². The van der Waals surface area contributed by atoms with Gasteiger partial charge in [0.15, 0.2) is 0 Å². The molecule has 1 aromatic rings. The van der Waals surface area contributed by atoms with Crippen molar-refractivity contribution in [1.29, 1.82) is 0 Å². The molecule has 0 bridgehead atoms. The number of carboxylic acid groups (broad SMARTS) is 1. The van der Waals surface area contributed by atoms with Gasteiger partial charge in [0.05, 0.1) is 13.0 Å². The highest BCUT2D eigenvalue weighted by Crippen LogP contribution is 1.86. The second-order valence-corrected chi connectivity index (χ2v) is 2.36. The van der Waals surface area contributed by atoms with Gasteiger partial charge < -0.3 is 15.4 Å². The molecular weight excluding hydrogens is 158 g/mol. The summed E-state index contributed by atoms with van der Waals surface area (Å²) in [6.45, 7) is 1.05. The minimum atomic E-state index is -0.790. The molecule has 0 aliphatic carbocycles. The van der Waals surface area contributed by atoms with Crippen LogP contribution in [0.15, 0.2) is 12.4 Å². The first-order chi connectivity index (χ1) is 5.79. The smallest absolute Gasteiger partial charge is 0.304 e. The van der Waals surface area contributed by atoms with Crippen LogP contribution in [-0.4, -0.2) is 27.6 Å². The summed E-state index contributed by atoms with van der Waals surface area (Å²) < 4.78 is 0. The minimum Gasteiger partial charge on any atom is -0.481 e. The molecule has 0 saturated heterocycles. The quantitative estimate of drug-likeness (QED) is 0.541. The highest BCUT2D eigenvalue weighted by atomic mass is 16.4. The summed E-state index contributed by atoms with van der Waals surface area (Å²) in [7, 11) is 0.